The molecule has 1 aliphatic rings. The summed E-state index contributed by atoms with van der Waals surface area (Å²) in [7, 11) is 1.76. The molecule has 1 atom stereocenters. The number of ether oxygens (including phenoxy) is 1. The number of likely N-dealkylation sites (tertiary alicyclic amines) is 1. The van der Waals surface area contributed by atoms with Crippen LogP contribution < -0.4 is 4.74 Å². The monoisotopic (exact) mass is 311 g/mol. The molecule has 0 radical (unpaired) electrons. The first-order valence-electron chi connectivity index (χ1n) is 5.40. The quantitative estimate of drug-likeness (QED) is 0.755. The summed E-state index contributed by atoms with van der Waals surface area (Å²) in [5.41, 5.74) is 0.582. The van der Waals surface area contributed by atoms with Gasteiger partial charge in [-0.25, -0.2) is 4.98 Å². The van der Waals surface area contributed by atoms with E-state index in [-0.39, 0.29) is 12.0 Å². The predicted octanol–water partition coefficient (Wildman–Crippen LogP) is 0.496. The molecule has 1 aliphatic heterocycles. The van der Waals surface area contributed by atoms with Crippen LogP contribution in [0.15, 0.2) is 17.3 Å². The van der Waals surface area contributed by atoms with Crippen LogP contribution in [0.1, 0.15) is 6.42 Å². The standard InChI is InChI=1S/C10H10BrN5O2/c1-15-4-6(2-8(15)17)18-7-3-12-10(11)16-5-13-14-9(7)16/h3,5-6H,2,4H2,1H3. The molecule has 0 bridgehead atoms. The molecule has 94 valence electrons. The maximum absolute atomic E-state index is 11.4. The van der Waals surface area contributed by atoms with Gasteiger partial charge in [0, 0.05) is 7.05 Å². The van der Waals surface area contributed by atoms with Crippen LogP contribution in [-0.2, 0) is 4.79 Å². The molecule has 2 aromatic heterocycles. The van der Waals surface area contributed by atoms with Crippen molar-refractivity contribution in [3.05, 3.63) is 17.3 Å². The van der Waals surface area contributed by atoms with Gasteiger partial charge in [0.2, 0.25) is 11.6 Å². The summed E-state index contributed by atoms with van der Waals surface area (Å²) in [6.07, 6.45) is 3.35. The van der Waals surface area contributed by atoms with Crippen molar-refractivity contribution in [2.45, 2.75) is 12.5 Å². The lowest BCUT2D eigenvalue weighted by Gasteiger charge is -2.13. The van der Waals surface area contributed by atoms with Gasteiger partial charge in [0.1, 0.15) is 12.4 Å². The fourth-order valence-electron chi connectivity index (χ4n) is 1.93. The van der Waals surface area contributed by atoms with E-state index in [1.165, 1.54) is 0 Å². The van der Waals surface area contributed by atoms with Crippen molar-refractivity contribution in [1.82, 2.24) is 24.5 Å². The van der Waals surface area contributed by atoms with Crippen molar-refractivity contribution in [1.29, 1.82) is 0 Å². The van der Waals surface area contributed by atoms with Gasteiger partial charge >= 0.3 is 0 Å². The van der Waals surface area contributed by atoms with Crippen LogP contribution in [0.25, 0.3) is 5.65 Å². The van der Waals surface area contributed by atoms with Crippen molar-refractivity contribution < 1.29 is 9.53 Å². The van der Waals surface area contributed by atoms with E-state index >= 15 is 0 Å². The number of likely N-dealkylation sites (N-methyl/N-ethyl adjacent to an activating group) is 1. The summed E-state index contributed by atoms with van der Waals surface area (Å²) in [5, 5.41) is 7.79. The number of carbonyl (C=O) groups is 1. The van der Waals surface area contributed by atoms with E-state index in [9.17, 15) is 4.79 Å². The predicted molar refractivity (Wildman–Crippen MR) is 65.2 cm³/mol. The zero-order valence-electron chi connectivity index (χ0n) is 9.58. The molecule has 1 fully saturated rings. The van der Waals surface area contributed by atoms with E-state index in [1.807, 2.05) is 0 Å². The number of amides is 1. The highest BCUT2D eigenvalue weighted by Gasteiger charge is 2.29. The van der Waals surface area contributed by atoms with E-state index in [0.717, 1.165) is 0 Å². The fourth-order valence-corrected chi connectivity index (χ4v) is 2.30. The number of carbonyl (C=O) groups excluding carboxylic acids is 1. The SMILES string of the molecule is CN1CC(Oc2cnc(Br)n3cnnc23)CC1=O. The Hall–Kier alpha value is -1.70. The Balaban J connectivity index is 1.89. The summed E-state index contributed by atoms with van der Waals surface area (Å²) < 4.78 is 8.06. The lowest BCUT2D eigenvalue weighted by atomic mass is 10.3. The Bertz CT molecular complexity index is 613. The van der Waals surface area contributed by atoms with E-state index in [2.05, 4.69) is 31.1 Å². The highest BCUT2D eigenvalue weighted by Crippen LogP contribution is 2.23. The van der Waals surface area contributed by atoms with Crippen molar-refractivity contribution in [2.24, 2.45) is 0 Å². The minimum atomic E-state index is -0.161. The molecule has 1 saturated heterocycles. The highest BCUT2D eigenvalue weighted by atomic mass is 79.9. The van der Waals surface area contributed by atoms with E-state index in [1.54, 1.807) is 28.9 Å². The smallest absolute Gasteiger partial charge is 0.226 e. The number of aromatic nitrogens is 4. The normalized spacial score (nSPS) is 19.8. The second-order valence-electron chi connectivity index (χ2n) is 4.13. The van der Waals surface area contributed by atoms with Gasteiger partial charge in [-0.05, 0) is 15.9 Å². The zero-order valence-corrected chi connectivity index (χ0v) is 11.2. The largest absolute Gasteiger partial charge is 0.482 e. The molecule has 8 heteroatoms. The van der Waals surface area contributed by atoms with Crippen LogP contribution in [0, 0.1) is 0 Å². The van der Waals surface area contributed by atoms with Gasteiger partial charge in [-0.2, -0.15) is 0 Å². The molecule has 18 heavy (non-hydrogen) atoms. The number of hydrogen-bond acceptors (Lipinski definition) is 5. The topological polar surface area (TPSA) is 72.6 Å². The molecule has 1 unspecified atom stereocenters. The number of hydrogen-bond donors (Lipinski definition) is 0. The number of halogens is 1. The Morgan fingerprint density at radius 1 is 1.56 bits per heavy atom. The first kappa shape index (κ1) is 11.4. The molecule has 3 heterocycles. The summed E-state index contributed by atoms with van der Waals surface area (Å²) in [5.74, 6) is 0.617. The number of nitrogens with zero attached hydrogens (tertiary/aromatic N) is 5. The lowest BCUT2D eigenvalue weighted by molar-refractivity contribution is -0.126. The Morgan fingerprint density at radius 3 is 3.11 bits per heavy atom. The second kappa shape index (κ2) is 4.20. The fraction of sp³-hybridized carbons (Fsp3) is 0.400. The maximum atomic E-state index is 11.4. The molecule has 1 amide bonds. The van der Waals surface area contributed by atoms with Gasteiger partial charge in [0.15, 0.2) is 10.5 Å². The van der Waals surface area contributed by atoms with Gasteiger partial charge in [0.05, 0.1) is 19.2 Å². The van der Waals surface area contributed by atoms with Crippen LogP contribution in [-0.4, -0.2) is 50.1 Å². The van der Waals surface area contributed by atoms with Crippen molar-refractivity contribution in [3.63, 3.8) is 0 Å². The van der Waals surface area contributed by atoms with Crippen molar-refractivity contribution in [3.8, 4) is 5.75 Å². The van der Waals surface area contributed by atoms with Crippen LogP contribution in [0.3, 0.4) is 0 Å². The summed E-state index contributed by atoms with van der Waals surface area (Å²) in [4.78, 5) is 17.2. The van der Waals surface area contributed by atoms with Crippen LogP contribution in [0.4, 0.5) is 0 Å². The number of rotatable bonds is 2. The van der Waals surface area contributed by atoms with Crippen LogP contribution in [0.2, 0.25) is 0 Å². The first-order valence-corrected chi connectivity index (χ1v) is 6.19. The molecule has 7 nitrogen and oxygen atoms in total. The van der Waals surface area contributed by atoms with Gasteiger partial charge in [0.25, 0.3) is 0 Å². The van der Waals surface area contributed by atoms with Gasteiger partial charge < -0.3 is 9.64 Å². The third-order valence-electron chi connectivity index (χ3n) is 2.85. The summed E-state index contributed by atoms with van der Waals surface area (Å²) in [6.45, 7) is 0.579. The maximum Gasteiger partial charge on any atom is 0.226 e. The molecule has 0 aromatic carbocycles. The lowest BCUT2D eigenvalue weighted by Crippen LogP contribution is -2.23. The van der Waals surface area contributed by atoms with Crippen LogP contribution in [0.5, 0.6) is 5.75 Å². The minimum Gasteiger partial charge on any atom is -0.482 e. The van der Waals surface area contributed by atoms with Crippen LogP contribution >= 0.6 is 15.9 Å². The van der Waals surface area contributed by atoms with Gasteiger partial charge in [-0.3, -0.25) is 9.20 Å². The average molecular weight is 312 g/mol. The Morgan fingerprint density at radius 2 is 2.39 bits per heavy atom. The van der Waals surface area contributed by atoms with E-state index in [4.69, 9.17) is 4.74 Å². The molecule has 3 rings (SSSR count). The van der Waals surface area contributed by atoms with Crippen molar-refractivity contribution >= 4 is 27.5 Å². The average Bonchev–Trinajstić information content (AvgIpc) is 2.92. The summed E-state index contributed by atoms with van der Waals surface area (Å²) >= 11 is 3.30. The zero-order chi connectivity index (χ0) is 12.7. The highest BCUT2D eigenvalue weighted by molar-refractivity contribution is 9.10. The van der Waals surface area contributed by atoms with E-state index in [0.29, 0.717) is 29.1 Å². The molecular formula is C10H10BrN5O2. The van der Waals surface area contributed by atoms with Gasteiger partial charge in [-0.1, -0.05) is 0 Å². The first-order chi connectivity index (χ1) is 8.65. The molecule has 0 aliphatic carbocycles. The number of fused-ring (bicyclic) bond motifs is 1. The molecule has 0 N–H and O–H groups in total. The van der Waals surface area contributed by atoms with Crippen molar-refractivity contribution in [2.75, 3.05) is 13.6 Å². The summed E-state index contributed by atoms with van der Waals surface area (Å²) in [6, 6.07) is 0. The second-order valence-corrected chi connectivity index (χ2v) is 4.84. The molecule has 2 aromatic rings. The third kappa shape index (κ3) is 1.82. The Labute approximate surface area is 111 Å². The third-order valence-corrected chi connectivity index (χ3v) is 3.44. The van der Waals surface area contributed by atoms with E-state index < -0.39 is 0 Å². The molecule has 0 spiro atoms. The van der Waals surface area contributed by atoms with Gasteiger partial charge in [-0.15, -0.1) is 10.2 Å². The minimum absolute atomic E-state index is 0.0857. The Kier molecular flexibility index (Phi) is 2.66. The molecular weight excluding hydrogens is 302 g/mol. The molecule has 0 saturated carbocycles.